The summed E-state index contributed by atoms with van der Waals surface area (Å²) in [5, 5.41) is 22.2. The summed E-state index contributed by atoms with van der Waals surface area (Å²) in [6, 6.07) is 12.5. The molecule has 3 rings (SSSR count). The number of nitriles is 1. The number of aliphatic carboxylic acids is 1. The van der Waals surface area contributed by atoms with Crippen LogP contribution in [0.15, 0.2) is 47.0 Å². The van der Waals surface area contributed by atoms with Gasteiger partial charge in [-0.15, -0.1) is 0 Å². The minimum atomic E-state index is -3.02. The molecule has 0 aliphatic carbocycles. The zero-order valence-electron chi connectivity index (χ0n) is 16.5. The van der Waals surface area contributed by atoms with Crippen molar-refractivity contribution >= 4 is 17.6 Å². The molecule has 1 heterocycles. The summed E-state index contributed by atoms with van der Waals surface area (Å²) in [6.07, 6.45) is 1.41. The molecule has 0 fully saturated rings. The molecule has 11 heteroatoms. The normalized spacial score (nSPS) is 11.2. The number of allylic oxidation sites excluding steroid dienone is 1. The van der Waals surface area contributed by atoms with E-state index in [1.165, 1.54) is 31.4 Å². The molecule has 3 aromatic rings. The van der Waals surface area contributed by atoms with Crippen LogP contribution in [0, 0.1) is 11.3 Å². The number of nitrogens with zero attached hydrogens (tertiary/aromatic N) is 3. The molecule has 0 aliphatic rings. The number of carboxylic acids is 1. The smallest absolute Gasteiger partial charge is 0.387 e. The van der Waals surface area contributed by atoms with Crippen molar-refractivity contribution in [2.45, 2.75) is 6.61 Å². The molecule has 1 aromatic heterocycles. The first-order valence-corrected chi connectivity index (χ1v) is 8.94. The summed E-state index contributed by atoms with van der Waals surface area (Å²) >= 11 is 0. The van der Waals surface area contributed by atoms with Gasteiger partial charge in [0.25, 0.3) is 5.89 Å². The number of rotatable bonds is 9. The Labute approximate surface area is 180 Å². The van der Waals surface area contributed by atoms with E-state index in [1.54, 1.807) is 24.3 Å². The molecule has 0 saturated heterocycles. The van der Waals surface area contributed by atoms with E-state index in [1.807, 2.05) is 6.07 Å². The second kappa shape index (κ2) is 10.0. The van der Waals surface area contributed by atoms with Crippen LogP contribution in [0.2, 0.25) is 0 Å². The van der Waals surface area contributed by atoms with Crippen LogP contribution in [0.1, 0.15) is 11.5 Å². The molecule has 0 aliphatic heterocycles. The Morgan fingerprint density at radius 1 is 1.25 bits per heavy atom. The highest BCUT2D eigenvalue weighted by atomic mass is 19.3. The number of methoxy groups -OCH3 is 1. The van der Waals surface area contributed by atoms with Gasteiger partial charge in [0.15, 0.2) is 18.1 Å². The Morgan fingerprint density at radius 3 is 2.72 bits per heavy atom. The van der Waals surface area contributed by atoms with Crippen molar-refractivity contribution in [2.75, 3.05) is 13.7 Å². The average Bonchev–Trinajstić information content (AvgIpc) is 3.26. The molecule has 1 N–H and O–H groups in total. The molecule has 164 valence electrons. The Kier molecular flexibility index (Phi) is 6.97. The predicted octanol–water partition coefficient (Wildman–Crippen LogP) is 3.87. The van der Waals surface area contributed by atoms with Crippen LogP contribution in [-0.2, 0) is 4.79 Å². The largest absolute Gasteiger partial charge is 0.493 e. The molecular formula is C21H15F2N3O6. The lowest BCUT2D eigenvalue weighted by molar-refractivity contribution is -0.139. The molecule has 32 heavy (non-hydrogen) atoms. The summed E-state index contributed by atoms with van der Waals surface area (Å²) in [6.45, 7) is -3.57. The van der Waals surface area contributed by atoms with Crippen LogP contribution >= 0.6 is 0 Å². The Hall–Kier alpha value is -4.46. The predicted molar refractivity (Wildman–Crippen MR) is 106 cm³/mol. The van der Waals surface area contributed by atoms with E-state index in [2.05, 4.69) is 14.9 Å². The minimum absolute atomic E-state index is 0.000237. The van der Waals surface area contributed by atoms with Crippen molar-refractivity contribution in [3.8, 4) is 34.7 Å². The summed E-state index contributed by atoms with van der Waals surface area (Å²) in [5.41, 5.74) is 0.806. The van der Waals surface area contributed by atoms with E-state index in [9.17, 15) is 18.8 Å². The van der Waals surface area contributed by atoms with Crippen LogP contribution in [-0.4, -0.2) is 41.5 Å². The third kappa shape index (κ3) is 5.37. The molecule has 0 radical (unpaired) electrons. The van der Waals surface area contributed by atoms with Gasteiger partial charge < -0.3 is 23.8 Å². The molecule has 0 bridgehead atoms. The monoisotopic (exact) mass is 443 g/mol. The van der Waals surface area contributed by atoms with Gasteiger partial charge in [0.05, 0.1) is 7.11 Å². The Bertz CT molecular complexity index is 1190. The quantitative estimate of drug-likeness (QED) is 0.490. The fraction of sp³-hybridized carbons (Fsp3) is 0.143. The van der Waals surface area contributed by atoms with Crippen LogP contribution < -0.4 is 14.2 Å². The van der Waals surface area contributed by atoms with Crippen molar-refractivity contribution in [2.24, 2.45) is 0 Å². The van der Waals surface area contributed by atoms with Crippen LogP contribution in [0.3, 0.4) is 0 Å². The van der Waals surface area contributed by atoms with Gasteiger partial charge in [0.2, 0.25) is 5.82 Å². The van der Waals surface area contributed by atoms with Crippen molar-refractivity contribution in [1.29, 1.82) is 5.26 Å². The van der Waals surface area contributed by atoms with E-state index in [4.69, 9.17) is 19.1 Å². The first kappa shape index (κ1) is 22.2. The number of carbonyl (C=O) groups is 1. The fourth-order valence-corrected chi connectivity index (χ4v) is 2.62. The lowest BCUT2D eigenvalue weighted by atomic mass is 10.1. The molecule has 0 spiro atoms. The number of aromatic nitrogens is 2. The van der Waals surface area contributed by atoms with E-state index in [0.717, 1.165) is 0 Å². The summed E-state index contributed by atoms with van der Waals surface area (Å²) in [5.74, 6) is -1.05. The first-order chi connectivity index (χ1) is 15.4. The molecule has 0 saturated carbocycles. The SMILES string of the molecule is COc1cc(-c2noc(/C(C#N)=C/c3ccccc3OCC(=O)O)n2)ccc1OC(F)F. The van der Waals surface area contributed by atoms with Crippen molar-refractivity contribution in [3.63, 3.8) is 0 Å². The minimum Gasteiger partial charge on any atom is -0.493 e. The number of ether oxygens (including phenoxy) is 3. The highest BCUT2D eigenvalue weighted by Gasteiger charge is 2.17. The molecule has 0 amide bonds. The van der Waals surface area contributed by atoms with Crippen LogP contribution in [0.4, 0.5) is 8.78 Å². The molecule has 0 unspecified atom stereocenters. The summed E-state index contributed by atoms with van der Waals surface area (Å²) in [4.78, 5) is 14.9. The number of hydrogen-bond acceptors (Lipinski definition) is 8. The summed E-state index contributed by atoms with van der Waals surface area (Å²) in [7, 11) is 1.29. The Balaban J connectivity index is 1.90. The second-order valence-corrected chi connectivity index (χ2v) is 6.06. The number of alkyl halides is 2. The summed E-state index contributed by atoms with van der Waals surface area (Å²) < 4.78 is 44.8. The third-order valence-electron chi connectivity index (χ3n) is 3.98. The highest BCUT2D eigenvalue weighted by Crippen LogP contribution is 2.33. The number of para-hydroxylation sites is 1. The zero-order chi connectivity index (χ0) is 23.1. The van der Waals surface area contributed by atoms with Gasteiger partial charge in [-0.05, 0) is 30.3 Å². The van der Waals surface area contributed by atoms with E-state index >= 15 is 0 Å². The van der Waals surface area contributed by atoms with Gasteiger partial charge >= 0.3 is 12.6 Å². The van der Waals surface area contributed by atoms with Gasteiger partial charge in [0.1, 0.15) is 17.4 Å². The second-order valence-electron chi connectivity index (χ2n) is 6.06. The molecular weight excluding hydrogens is 428 g/mol. The maximum atomic E-state index is 12.5. The standard InChI is InChI=1S/C21H15F2N3O6/c1-29-17-9-13(6-7-16(17)31-21(22)23)19-25-20(32-26-19)14(10-24)8-12-4-2-3-5-15(12)30-11-18(27)28/h2-9,21H,11H2,1H3,(H,27,28)/b14-8+. The van der Waals surface area contributed by atoms with Crippen molar-refractivity contribution in [3.05, 3.63) is 53.9 Å². The number of benzene rings is 2. The zero-order valence-corrected chi connectivity index (χ0v) is 16.5. The topological polar surface area (TPSA) is 128 Å². The van der Waals surface area contributed by atoms with E-state index < -0.39 is 19.2 Å². The molecule has 0 atom stereocenters. The lowest BCUT2D eigenvalue weighted by Gasteiger charge is -2.10. The maximum Gasteiger partial charge on any atom is 0.387 e. The maximum absolute atomic E-state index is 12.5. The van der Waals surface area contributed by atoms with E-state index in [-0.39, 0.29) is 34.5 Å². The molecule has 9 nitrogen and oxygen atoms in total. The average molecular weight is 443 g/mol. The van der Waals surface area contributed by atoms with Crippen LogP contribution in [0.5, 0.6) is 17.2 Å². The highest BCUT2D eigenvalue weighted by molar-refractivity contribution is 5.88. The van der Waals surface area contributed by atoms with E-state index in [0.29, 0.717) is 11.1 Å². The van der Waals surface area contributed by atoms with Crippen LogP contribution in [0.25, 0.3) is 23.0 Å². The van der Waals surface area contributed by atoms with Gasteiger partial charge in [0, 0.05) is 11.1 Å². The Morgan fingerprint density at radius 2 is 2.03 bits per heavy atom. The molecule has 2 aromatic carbocycles. The first-order valence-electron chi connectivity index (χ1n) is 8.94. The van der Waals surface area contributed by atoms with Gasteiger partial charge in [-0.2, -0.15) is 19.0 Å². The fourth-order valence-electron chi connectivity index (χ4n) is 2.62. The van der Waals surface area contributed by atoms with Crippen molar-refractivity contribution < 1.29 is 37.4 Å². The van der Waals surface area contributed by atoms with Crippen molar-refractivity contribution in [1.82, 2.24) is 10.1 Å². The number of halogens is 2. The lowest BCUT2D eigenvalue weighted by Crippen LogP contribution is -2.09. The van der Waals surface area contributed by atoms with Gasteiger partial charge in [-0.3, -0.25) is 0 Å². The third-order valence-corrected chi connectivity index (χ3v) is 3.98. The number of carboxylic acid groups (broad SMARTS) is 1. The van der Waals surface area contributed by atoms with Gasteiger partial charge in [-0.25, -0.2) is 4.79 Å². The van der Waals surface area contributed by atoms with Gasteiger partial charge in [-0.1, -0.05) is 23.4 Å². The number of hydrogen-bond donors (Lipinski definition) is 1.